The molecule has 0 bridgehead atoms. The van der Waals surface area contributed by atoms with Gasteiger partial charge in [0, 0.05) is 27.4 Å². The topological polar surface area (TPSA) is 98.2 Å². The van der Waals surface area contributed by atoms with E-state index in [9.17, 15) is 9.59 Å². The van der Waals surface area contributed by atoms with E-state index in [2.05, 4.69) is 15.8 Å². The summed E-state index contributed by atoms with van der Waals surface area (Å²) in [4.78, 5) is 24.1. The Hall–Kier alpha value is -3.75. The molecular weight excluding hydrogens is 493 g/mol. The van der Waals surface area contributed by atoms with E-state index in [0.29, 0.717) is 50.7 Å². The zero-order chi connectivity index (χ0) is 25.2. The Kier molecular flexibility index (Phi) is 9.34. The van der Waals surface area contributed by atoms with Gasteiger partial charge in [-0.1, -0.05) is 35.3 Å². The highest BCUT2D eigenvalue weighted by atomic mass is 35.5. The van der Waals surface area contributed by atoms with E-state index < -0.39 is 11.8 Å². The molecule has 0 aliphatic rings. The van der Waals surface area contributed by atoms with Crippen molar-refractivity contribution in [3.05, 3.63) is 81.8 Å². The molecule has 2 N–H and O–H groups in total. The summed E-state index contributed by atoms with van der Waals surface area (Å²) >= 11 is 12.4. The molecule has 8 nitrogen and oxygen atoms in total. The van der Waals surface area contributed by atoms with Crippen molar-refractivity contribution in [1.82, 2.24) is 5.43 Å². The van der Waals surface area contributed by atoms with Crippen molar-refractivity contribution >= 4 is 46.9 Å². The molecule has 0 aliphatic heterocycles. The molecule has 0 saturated heterocycles. The molecule has 3 aromatic carbocycles. The van der Waals surface area contributed by atoms with Gasteiger partial charge in [0.2, 0.25) is 0 Å². The number of anilines is 1. The molecule has 0 heterocycles. The maximum Gasteiger partial charge on any atom is 0.329 e. The zero-order valence-electron chi connectivity index (χ0n) is 19.0. The second-order valence-corrected chi connectivity index (χ2v) is 7.83. The largest absolute Gasteiger partial charge is 0.497 e. The number of hydrogen-bond donors (Lipinski definition) is 2. The van der Waals surface area contributed by atoms with Crippen molar-refractivity contribution < 1.29 is 23.8 Å². The molecular formula is C25H23Cl2N3O5. The summed E-state index contributed by atoms with van der Waals surface area (Å²) in [6, 6.07) is 17.0. The van der Waals surface area contributed by atoms with Gasteiger partial charge in [-0.25, -0.2) is 5.43 Å². The molecule has 0 aliphatic carbocycles. The van der Waals surface area contributed by atoms with E-state index in [4.69, 9.17) is 37.4 Å². The lowest BCUT2D eigenvalue weighted by Crippen LogP contribution is -2.32. The lowest BCUT2D eigenvalue weighted by atomic mass is 10.2. The number of amides is 2. The van der Waals surface area contributed by atoms with E-state index in [0.717, 1.165) is 0 Å². The number of nitrogens with zero attached hydrogens (tertiary/aromatic N) is 1. The van der Waals surface area contributed by atoms with Crippen LogP contribution in [0.4, 0.5) is 5.69 Å². The first-order chi connectivity index (χ1) is 16.9. The van der Waals surface area contributed by atoms with Crippen LogP contribution in [0.25, 0.3) is 0 Å². The van der Waals surface area contributed by atoms with E-state index in [1.165, 1.54) is 13.3 Å². The summed E-state index contributed by atoms with van der Waals surface area (Å²) in [5, 5.41) is 7.33. The number of hydrogen-bond acceptors (Lipinski definition) is 6. The number of methoxy groups -OCH3 is 1. The molecule has 0 fully saturated rings. The lowest BCUT2D eigenvalue weighted by Gasteiger charge is -2.14. The number of nitrogens with one attached hydrogen (secondary N) is 2. The summed E-state index contributed by atoms with van der Waals surface area (Å²) in [5.41, 5.74) is 3.89. The summed E-state index contributed by atoms with van der Waals surface area (Å²) < 4.78 is 16.6. The Balaban J connectivity index is 1.62. The first-order valence-corrected chi connectivity index (χ1v) is 11.3. The number of carbonyl (C=O) groups is 2. The van der Waals surface area contributed by atoms with Gasteiger partial charge >= 0.3 is 11.8 Å². The number of ether oxygens (including phenoxy) is 3. The maximum atomic E-state index is 12.1. The Morgan fingerprint density at radius 2 is 1.69 bits per heavy atom. The minimum absolute atomic E-state index is 0.157. The molecule has 0 saturated carbocycles. The molecule has 0 atom stereocenters. The van der Waals surface area contributed by atoms with Crippen molar-refractivity contribution in [3.8, 4) is 17.2 Å². The first kappa shape index (κ1) is 25.9. The zero-order valence-corrected chi connectivity index (χ0v) is 20.5. The fraction of sp³-hybridized carbons (Fsp3) is 0.160. The van der Waals surface area contributed by atoms with Crippen LogP contribution in [0.3, 0.4) is 0 Å². The van der Waals surface area contributed by atoms with E-state index in [1.807, 2.05) is 6.92 Å². The third-order valence-corrected chi connectivity index (χ3v) is 5.32. The summed E-state index contributed by atoms with van der Waals surface area (Å²) in [6.07, 6.45) is 1.38. The number of rotatable bonds is 9. The number of benzene rings is 3. The lowest BCUT2D eigenvalue weighted by molar-refractivity contribution is -0.136. The first-order valence-electron chi connectivity index (χ1n) is 10.5. The van der Waals surface area contributed by atoms with Crippen LogP contribution in [-0.4, -0.2) is 31.7 Å². The molecule has 182 valence electrons. The highest BCUT2D eigenvalue weighted by molar-refractivity contribution is 6.39. The van der Waals surface area contributed by atoms with Gasteiger partial charge in [-0.3, -0.25) is 9.59 Å². The van der Waals surface area contributed by atoms with E-state index in [1.54, 1.807) is 60.7 Å². The highest BCUT2D eigenvalue weighted by Gasteiger charge is 2.14. The van der Waals surface area contributed by atoms with Gasteiger partial charge in [-0.2, -0.15) is 5.10 Å². The fourth-order valence-corrected chi connectivity index (χ4v) is 3.42. The summed E-state index contributed by atoms with van der Waals surface area (Å²) in [6.45, 7) is 2.41. The van der Waals surface area contributed by atoms with Crippen LogP contribution in [0.2, 0.25) is 10.0 Å². The van der Waals surface area contributed by atoms with Gasteiger partial charge in [0.05, 0.1) is 19.9 Å². The van der Waals surface area contributed by atoms with Crippen LogP contribution in [0, 0.1) is 0 Å². The molecule has 0 spiro atoms. The SMILES string of the molecule is CCOc1cc(/C=N\NC(=O)C(=O)Nc2cccc(OC)c2)ccc1OCc1c(Cl)cccc1Cl. The number of halogens is 2. The molecule has 2 amide bonds. The van der Waals surface area contributed by atoms with Crippen molar-refractivity contribution in [2.75, 3.05) is 19.0 Å². The van der Waals surface area contributed by atoms with E-state index in [-0.39, 0.29) is 6.61 Å². The van der Waals surface area contributed by atoms with Gasteiger partial charge in [-0.05, 0) is 55.0 Å². The Morgan fingerprint density at radius 1 is 0.943 bits per heavy atom. The van der Waals surface area contributed by atoms with Crippen molar-refractivity contribution in [1.29, 1.82) is 0 Å². The van der Waals surface area contributed by atoms with Crippen molar-refractivity contribution in [3.63, 3.8) is 0 Å². The molecule has 3 aromatic rings. The van der Waals surface area contributed by atoms with Gasteiger partial charge in [-0.15, -0.1) is 0 Å². The third kappa shape index (κ3) is 7.37. The predicted molar refractivity (Wildman–Crippen MR) is 136 cm³/mol. The number of hydrazone groups is 1. The average molecular weight is 516 g/mol. The van der Waals surface area contributed by atoms with Crippen LogP contribution in [0.5, 0.6) is 17.2 Å². The second kappa shape index (κ2) is 12.6. The number of carbonyl (C=O) groups excluding carboxylic acids is 2. The Morgan fingerprint density at radius 3 is 2.40 bits per heavy atom. The summed E-state index contributed by atoms with van der Waals surface area (Å²) in [5.74, 6) is -0.282. The minimum Gasteiger partial charge on any atom is -0.497 e. The molecule has 3 rings (SSSR count). The Labute approximate surface area is 212 Å². The average Bonchev–Trinajstić information content (AvgIpc) is 2.85. The van der Waals surface area contributed by atoms with Crippen LogP contribution >= 0.6 is 23.2 Å². The second-order valence-electron chi connectivity index (χ2n) is 7.01. The quantitative estimate of drug-likeness (QED) is 0.235. The van der Waals surface area contributed by atoms with Crippen molar-refractivity contribution in [2.45, 2.75) is 13.5 Å². The fourth-order valence-electron chi connectivity index (χ4n) is 2.92. The van der Waals surface area contributed by atoms with Gasteiger partial charge in [0.15, 0.2) is 11.5 Å². The highest BCUT2D eigenvalue weighted by Crippen LogP contribution is 2.31. The predicted octanol–water partition coefficient (Wildman–Crippen LogP) is 5.07. The van der Waals surface area contributed by atoms with Crippen molar-refractivity contribution in [2.24, 2.45) is 5.10 Å². The summed E-state index contributed by atoms with van der Waals surface area (Å²) in [7, 11) is 1.51. The standard InChI is InChI=1S/C25H23Cl2N3O5/c1-3-34-23-12-16(10-11-22(23)35-15-19-20(26)8-5-9-21(19)27)14-28-30-25(32)24(31)29-17-6-4-7-18(13-17)33-2/h4-14H,3,15H2,1-2H3,(H,29,31)(H,30,32)/b28-14-. The maximum absolute atomic E-state index is 12.1. The minimum atomic E-state index is -0.925. The normalized spacial score (nSPS) is 10.6. The molecule has 35 heavy (non-hydrogen) atoms. The van der Waals surface area contributed by atoms with Crippen LogP contribution in [0.1, 0.15) is 18.1 Å². The molecule has 10 heteroatoms. The van der Waals surface area contributed by atoms with Crippen LogP contribution in [0.15, 0.2) is 65.8 Å². The third-order valence-electron chi connectivity index (χ3n) is 4.61. The Bertz CT molecular complexity index is 1210. The van der Waals surface area contributed by atoms with Crippen LogP contribution in [-0.2, 0) is 16.2 Å². The van der Waals surface area contributed by atoms with Gasteiger partial charge in [0.25, 0.3) is 0 Å². The van der Waals surface area contributed by atoms with E-state index >= 15 is 0 Å². The smallest absolute Gasteiger partial charge is 0.329 e. The molecule has 0 unspecified atom stereocenters. The van der Waals surface area contributed by atoms with Gasteiger partial charge < -0.3 is 19.5 Å². The van der Waals surface area contributed by atoms with Gasteiger partial charge in [0.1, 0.15) is 12.4 Å². The van der Waals surface area contributed by atoms with Crippen LogP contribution < -0.4 is 25.0 Å². The molecule has 0 radical (unpaired) electrons. The molecule has 0 aromatic heterocycles. The monoisotopic (exact) mass is 515 g/mol.